The summed E-state index contributed by atoms with van der Waals surface area (Å²) in [6.45, 7) is 0.379. The number of benzene rings is 1. The van der Waals surface area contributed by atoms with Crippen LogP contribution in [0.4, 0.5) is 0 Å². The lowest BCUT2D eigenvalue weighted by Crippen LogP contribution is -2.31. The Labute approximate surface area is 97.3 Å². The van der Waals surface area contributed by atoms with Crippen LogP contribution in [0.1, 0.15) is 31.2 Å². The first-order chi connectivity index (χ1) is 7.74. The van der Waals surface area contributed by atoms with Gasteiger partial charge in [-0.1, -0.05) is 43.2 Å². The Morgan fingerprint density at radius 3 is 2.56 bits per heavy atom. The molecule has 1 aromatic rings. The lowest BCUT2D eigenvalue weighted by molar-refractivity contribution is -0.0443. The number of hydrogen-bond donors (Lipinski definition) is 1. The van der Waals surface area contributed by atoms with Gasteiger partial charge in [-0.3, -0.25) is 0 Å². The molecule has 1 saturated carbocycles. The first-order valence-electron chi connectivity index (χ1n) is 6.01. The fourth-order valence-corrected chi connectivity index (χ4v) is 2.14. The van der Waals surface area contributed by atoms with Crippen LogP contribution in [0.2, 0.25) is 0 Å². The van der Waals surface area contributed by atoms with Gasteiger partial charge in [0.1, 0.15) is 5.60 Å². The SMILES string of the molecule is COCC(O)(CCC1CC1)c1ccccc1. The molecule has 1 aliphatic rings. The van der Waals surface area contributed by atoms with E-state index in [1.807, 2.05) is 30.3 Å². The molecule has 0 saturated heterocycles. The van der Waals surface area contributed by atoms with Crippen molar-refractivity contribution in [2.24, 2.45) is 5.92 Å². The van der Waals surface area contributed by atoms with Crippen LogP contribution >= 0.6 is 0 Å². The Balaban J connectivity index is 2.06. The third-order valence-electron chi connectivity index (χ3n) is 3.36. The van der Waals surface area contributed by atoms with E-state index in [9.17, 15) is 5.11 Å². The molecule has 1 N–H and O–H groups in total. The summed E-state index contributed by atoms with van der Waals surface area (Å²) in [5, 5.41) is 10.6. The van der Waals surface area contributed by atoms with E-state index in [1.54, 1.807) is 7.11 Å². The molecule has 0 spiro atoms. The lowest BCUT2D eigenvalue weighted by atomic mass is 9.89. The van der Waals surface area contributed by atoms with Crippen molar-refractivity contribution in [3.63, 3.8) is 0 Å². The van der Waals surface area contributed by atoms with Gasteiger partial charge in [0.25, 0.3) is 0 Å². The summed E-state index contributed by atoms with van der Waals surface area (Å²) in [6, 6.07) is 9.86. The van der Waals surface area contributed by atoms with Gasteiger partial charge in [0.15, 0.2) is 0 Å². The average Bonchev–Trinajstić information content (AvgIpc) is 3.12. The zero-order valence-electron chi connectivity index (χ0n) is 9.86. The van der Waals surface area contributed by atoms with Crippen LogP contribution in [0.25, 0.3) is 0 Å². The molecule has 0 amide bonds. The Hall–Kier alpha value is -0.860. The van der Waals surface area contributed by atoms with E-state index in [1.165, 1.54) is 12.8 Å². The highest BCUT2D eigenvalue weighted by atomic mass is 16.5. The molecule has 2 nitrogen and oxygen atoms in total. The molecular weight excluding hydrogens is 200 g/mol. The van der Waals surface area contributed by atoms with Crippen LogP contribution in [0, 0.1) is 5.92 Å². The standard InChI is InChI=1S/C14H20O2/c1-16-11-14(15,10-9-12-7-8-12)13-5-3-2-4-6-13/h2-6,12,15H,7-11H2,1H3. The first kappa shape index (κ1) is 11.6. The fourth-order valence-electron chi connectivity index (χ4n) is 2.14. The minimum Gasteiger partial charge on any atom is -0.383 e. The maximum atomic E-state index is 10.6. The van der Waals surface area contributed by atoms with Crippen molar-refractivity contribution >= 4 is 0 Å². The van der Waals surface area contributed by atoms with Crippen LogP contribution in [0.15, 0.2) is 30.3 Å². The molecule has 0 heterocycles. The second-order valence-electron chi connectivity index (χ2n) is 4.81. The molecule has 88 valence electrons. The number of rotatable bonds is 6. The van der Waals surface area contributed by atoms with Gasteiger partial charge < -0.3 is 9.84 Å². The highest BCUT2D eigenvalue weighted by Gasteiger charge is 2.32. The summed E-state index contributed by atoms with van der Waals surface area (Å²) in [4.78, 5) is 0. The van der Waals surface area contributed by atoms with Gasteiger partial charge in [-0.15, -0.1) is 0 Å². The maximum absolute atomic E-state index is 10.6. The summed E-state index contributed by atoms with van der Waals surface area (Å²) in [7, 11) is 1.64. The summed E-state index contributed by atoms with van der Waals surface area (Å²) in [5.41, 5.74) is 0.163. The molecule has 1 atom stereocenters. The Morgan fingerprint density at radius 1 is 1.31 bits per heavy atom. The summed E-state index contributed by atoms with van der Waals surface area (Å²) in [5.74, 6) is 0.840. The van der Waals surface area contributed by atoms with E-state index in [2.05, 4.69) is 0 Å². The molecular formula is C14H20O2. The second-order valence-corrected chi connectivity index (χ2v) is 4.81. The van der Waals surface area contributed by atoms with E-state index in [-0.39, 0.29) is 0 Å². The summed E-state index contributed by atoms with van der Waals surface area (Å²) >= 11 is 0. The predicted molar refractivity (Wildman–Crippen MR) is 64.2 cm³/mol. The van der Waals surface area contributed by atoms with Crippen molar-refractivity contribution in [1.82, 2.24) is 0 Å². The summed E-state index contributed by atoms with van der Waals surface area (Å²) < 4.78 is 5.16. The monoisotopic (exact) mass is 220 g/mol. The fraction of sp³-hybridized carbons (Fsp3) is 0.571. The van der Waals surface area contributed by atoms with Gasteiger partial charge in [0.05, 0.1) is 6.61 Å². The van der Waals surface area contributed by atoms with E-state index < -0.39 is 5.60 Å². The highest BCUT2D eigenvalue weighted by molar-refractivity contribution is 5.22. The third-order valence-corrected chi connectivity index (χ3v) is 3.36. The van der Waals surface area contributed by atoms with Crippen LogP contribution in [0.3, 0.4) is 0 Å². The summed E-state index contributed by atoms with van der Waals surface area (Å²) in [6.07, 6.45) is 4.57. The third kappa shape index (κ3) is 2.83. The van der Waals surface area contributed by atoms with Gasteiger partial charge >= 0.3 is 0 Å². The quantitative estimate of drug-likeness (QED) is 0.798. The van der Waals surface area contributed by atoms with Gasteiger partial charge in [0, 0.05) is 7.11 Å². The van der Waals surface area contributed by atoms with Gasteiger partial charge in [0.2, 0.25) is 0 Å². The van der Waals surface area contributed by atoms with Crippen molar-refractivity contribution in [1.29, 1.82) is 0 Å². The van der Waals surface area contributed by atoms with Crippen molar-refractivity contribution in [2.75, 3.05) is 13.7 Å². The first-order valence-corrected chi connectivity index (χ1v) is 6.01. The normalized spacial score (nSPS) is 19.4. The number of methoxy groups -OCH3 is 1. The van der Waals surface area contributed by atoms with Crippen molar-refractivity contribution in [3.05, 3.63) is 35.9 Å². The molecule has 1 aliphatic carbocycles. The van der Waals surface area contributed by atoms with Crippen molar-refractivity contribution in [3.8, 4) is 0 Å². The zero-order chi connectivity index (χ0) is 11.4. The number of aliphatic hydroxyl groups is 1. The average molecular weight is 220 g/mol. The molecule has 0 radical (unpaired) electrons. The minimum absolute atomic E-state index is 0.379. The highest BCUT2D eigenvalue weighted by Crippen LogP contribution is 2.38. The molecule has 2 rings (SSSR count). The van der Waals surface area contributed by atoms with Crippen LogP contribution in [0.5, 0.6) is 0 Å². The molecule has 16 heavy (non-hydrogen) atoms. The molecule has 1 aromatic carbocycles. The van der Waals surface area contributed by atoms with E-state index in [0.717, 1.165) is 24.3 Å². The molecule has 2 heteroatoms. The van der Waals surface area contributed by atoms with Crippen LogP contribution in [-0.2, 0) is 10.3 Å². The molecule has 0 aromatic heterocycles. The predicted octanol–water partition coefficient (Wildman–Crippen LogP) is 2.71. The van der Waals surface area contributed by atoms with E-state index in [0.29, 0.717) is 6.61 Å². The van der Waals surface area contributed by atoms with Gasteiger partial charge in [-0.2, -0.15) is 0 Å². The van der Waals surface area contributed by atoms with Crippen molar-refractivity contribution < 1.29 is 9.84 Å². The molecule has 0 aliphatic heterocycles. The van der Waals surface area contributed by atoms with Crippen molar-refractivity contribution in [2.45, 2.75) is 31.3 Å². The maximum Gasteiger partial charge on any atom is 0.113 e. The Morgan fingerprint density at radius 2 is 2.00 bits per heavy atom. The van der Waals surface area contributed by atoms with Crippen LogP contribution in [-0.4, -0.2) is 18.8 Å². The Bertz CT molecular complexity index is 319. The topological polar surface area (TPSA) is 29.5 Å². The zero-order valence-corrected chi connectivity index (χ0v) is 9.86. The smallest absolute Gasteiger partial charge is 0.113 e. The number of ether oxygens (including phenoxy) is 1. The minimum atomic E-state index is -0.807. The van der Waals surface area contributed by atoms with E-state index in [4.69, 9.17) is 4.74 Å². The van der Waals surface area contributed by atoms with Gasteiger partial charge in [-0.05, 0) is 24.3 Å². The van der Waals surface area contributed by atoms with E-state index >= 15 is 0 Å². The second kappa shape index (κ2) is 4.98. The molecule has 0 bridgehead atoms. The molecule has 1 unspecified atom stereocenters. The molecule has 1 fully saturated rings. The van der Waals surface area contributed by atoms with Gasteiger partial charge in [-0.25, -0.2) is 0 Å². The largest absolute Gasteiger partial charge is 0.383 e. The number of hydrogen-bond acceptors (Lipinski definition) is 2. The lowest BCUT2D eigenvalue weighted by Gasteiger charge is -2.28. The van der Waals surface area contributed by atoms with Crippen LogP contribution < -0.4 is 0 Å². The Kier molecular flexibility index (Phi) is 3.62.